The van der Waals surface area contributed by atoms with Crippen molar-refractivity contribution in [1.29, 1.82) is 0 Å². The number of pyridine rings is 1. The Morgan fingerprint density at radius 3 is 2.59 bits per heavy atom. The van der Waals surface area contributed by atoms with Crippen molar-refractivity contribution in [2.45, 2.75) is 6.43 Å². The van der Waals surface area contributed by atoms with E-state index < -0.39 is 40.0 Å². The van der Waals surface area contributed by atoms with Crippen LogP contribution in [0.15, 0.2) is 6.20 Å². The number of halogens is 2. The third-order valence-electron chi connectivity index (χ3n) is 1.88. The fraction of sp³-hybridized carbons (Fsp3) is 0.250. The van der Waals surface area contributed by atoms with Gasteiger partial charge in [0.05, 0.1) is 18.2 Å². The molecule has 0 amide bonds. The lowest BCUT2D eigenvalue weighted by atomic mass is 10.1. The van der Waals surface area contributed by atoms with E-state index in [0.717, 1.165) is 7.11 Å². The number of carboxylic acids is 1. The number of methoxy groups -OCH3 is 1. The van der Waals surface area contributed by atoms with Crippen LogP contribution in [0.2, 0.25) is 0 Å². The molecular formula is C8H6F2N2O5. The first-order chi connectivity index (χ1) is 7.90. The van der Waals surface area contributed by atoms with Gasteiger partial charge in [0, 0.05) is 0 Å². The molecule has 0 aliphatic heterocycles. The summed E-state index contributed by atoms with van der Waals surface area (Å²) in [6.07, 6.45) is -2.63. The highest BCUT2D eigenvalue weighted by Crippen LogP contribution is 2.37. The lowest BCUT2D eigenvalue weighted by Gasteiger charge is -2.08. The number of aromatic nitrogens is 1. The van der Waals surface area contributed by atoms with E-state index in [4.69, 9.17) is 5.11 Å². The summed E-state index contributed by atoms with van der Waals surface area (Å²) in [5.74, 6) is -2.29. The first-order valence-corrected chi connectivity index (χ1v) is 4.12. The van der Waals surface area contributed by atoms with Crippen LogP contribution in [0.3, 0.4) is 0 Å². The molecule has 92 valence electrons. The largest absolute Gasteiger partial charge is 0.489 e. The summed E-state index contributed by atoms with van der Waals surface area (Å²) in [6.45, 7) is 0. The minimum atomic E-state index is -3.34. The summed E-state index contributed by atoms with van der Waals surface area (Å²) >= 11 is 0. The molecule has 1 heterocycles. The van der Waals surface area contributed by atoms with Crippen molar-refractivity contribution in [3.05, 3.63) is 27.6 Å². The van der Waals surface area contributed by atoms with Gasteiger partial charge in [0.2, 0.25) is 5.75 Å². The normalized spacial score (nSPS) is 10.4. The average Bonchev–Trinajstić information content (AvgIpc) is 2.26. The molecule has 0 saturated carbocycles. The van der Waals surface area contributed by atoms with Gasteiger partial charge in [-0.05, 0) is 0 Å². The van der Waals surface area contributed by atoms with E-state index in [-0.39, 0.29) is 0 Å². The van der Waals surface area contributed by atoms with E-state index in [0.29, 0.717) is 6.20 Å². The second kappa shape index (κ2) is 4.68. The Bertz CT molecular complexity index is 477. The predicted molar refractivity (Wildman–Crippen MR) is 49.4 cm³/mol. The second-order valence-electron chi connectivity index (χ2n) is 2.80. The molecule has 1 rings (SSSR count). The van der Waals surface area contributed by atoms with Crippen molar-refractivity contribution in [3.63, 3.8) is 0 Å². The summed E-state index contributed by atoms with van der Waals surface area (Å²) in [6, 6.07) is 0. The molecule has 17 heavy (non-hydrogen) atoms. The highest BCUT2D eigenvalue weighted by molar-refractivity contribution is 5.89. The van der Waals surface area contributed by atoms with Crippen LogP contribution in [0.1, 0.15) is 22.5 Å². The Morgan fingerprint density at radius 1 is 1.65 bits per heavy atom. The molecule has 0 saturated heterocycles. The minimum Gasteiger partial charge on any atom is -0.489 e. The number of rotatable bonds is 4. The molecule has 1 N–H and O–H groups in total. The van der Waals surface area contributed by atoms with Gasteiger partial charge < -0.3 is 9.84 Å². The summed E-state index contributed by atoms with van der Waals surface area (Å²) in [4.78, 5) is 23.4. The van der Waals surface area contributed by atoms with E-state index in [9.17, 15) is 23.7 Å². The van der Waals surface area contributed by atoms with E-state index >= 15 is 0 Å². The first kappa shape index (κ1) is 12.7. The fourth-order valence-corrected chi connectivity index (χ4v) is 1.21. The number of hydrogen-bond acceptors (Lipinski definition) is 5. The maximum absolute atomic E-state index is 12.7. The molecule has 0 aromatic carbocycles. The van der Waals surface area contributed by atoms with Crippen molar-refractivity contribution in [3.8, 4) is 5.75 Å². The highest BCUT2D eigenvalue weighted by Gasteiger charge is 2.33. The van der Waals surface area contributed by atoms with Gasteiger partial charge in [0.1, 0.15) is 5.56 Å². The second-order valence-corrected chi connectivity index (χ2v) is 2.80. The summed E-state index contributed by atoms with van der Waals surface area (Å²) < 4.78 is 29.8. The number of hydrogen-bond donors (Lipinski definition) is 1. The Hall–Kier alpha value is -2.32. The van der Waals surface area contributed by atoms with Crippen molar-refractivity contribution < 1.29 is 28.3 Å². The first-order valence-electron chi connectivity index (χ1n) is 4.12. The zero-order valence-corrected chi connectivity index (χ0v) is 8.39. The Morgan fingerprint density at radius 2 is 2.24 bits per heavy atom. The molecule has 1 aromatic heterocycles. The van der Waals surface area contributed by atoms with Gasteiger partial charge in [-0.25, -0.2) is 18.6 Å². The summed E-state index contributed by atoms with van der Waals surface area (Å²) in [7, 11) is 1.03. The van der Waals surface area contributed by atoms with Crippen LogP contribution in [0, 0.1) is 10.1 Å². The monoisotopic (exact) mass is 248 g/mol. The molecule has 1 aromatic rings. The average molecular weight is 248 g/mol. The Balaban J connectivity index is 3.65. The molecule has 0 fully saturated rings. The number of carboxylic acid groups (broad SMARTS) is 1. The summed E-state index contributed by atoms with van der Waals surface area (Å²) in [5.41, 5.74) is -3.41. The van der Waals surface area contributed by atoms with Gasteiger partial charge in [-0.2, -0.15) is 0 Å². The van der Waals surface area contributed by atoms with Crippen LogP contribution in [-0.2, 0) is 0 Å². The molecule has 0 unspecified atom stereocenters. The van der Waals surface area contributed by atoms with Crippen LogP contribution in [0.5, 0.6) is 5.75 Å². The van der Waals surface area contributed by atoms with Gasteiger partial charge in [0.25, 0.3) is 6.43 Å². The SMILES string of the molecule is COc1cnc(C(=O)O)c(C(F)F)c1[N+](=O)[O-]. The lowest BCUT2D eigenvalue weighted by Crippen LogP contribution is -2.10. The van der Waals surface area contributed by atoms with Crippen molar-refractivity contribution in [2.24, 2.45) is 0 Å². The number of nitrogens with zero attached hydrogens (tertiary/aromatic N) is 2. The standard InChI is InChI=1S/C8H6F2N2O5/c1-17-3-2-11-5(8(13)14)4(7(9)10)6(3)12(15)16/h2,7H,1H3,(H,13,14). The third kappa shape index (κ3) is 2.27. The third-order valence-corrected chi connectivity index (χ3v) is 1.88. The summed E-state index contributed by atoms with van der Waals surface area (Å²) in [5, 5.41) is 19.3. The van der Waals surface area contributed by atoms with Gasteiger partial charge in [0.15, 0.2) is 5.69 Å². The van der Waals surface area contributed by atoms with E-state index in [1.807, 2.05) is 0 Å². The molecule has 0 spiro atoms. The topological polar surface area (TPSA) is 103 Å². The fourth-order valence-electron chi connectivity index (χ4n) is 1.21. The van der Waals surface area contributed by atoms with Crippen LogP contribution < -0.4 is 4.74 Å². The molecular weight excluding hydrogens is 242 g/mol. The van der Waals surface area contributed by atoms with Crippen molar-refractivity contribution in [2.75, 3.05) is 7.11 Å². The predicted octanol–water partition coefficient (Wildman–Crippen LogP) is 1.63. The van der Waals surface area contributed by atoms with Crippen molar-refractivity contribution >= 4 is 11.7 Å². The Kier molecular flexibility index (Phi) is 3.51. The van der Waals surface area contributed by atoms with Crippen LogP contribution in [-0.4, -0.2) is 28.1 Å². The number of alkyl halides is 2. The van der Waals surface area contributed by atoms with Crippen molar-refractivity contribution in [1.82, 2.24) is 4.98 Å². The molecule has 7 nitrogen and oxygen atoms in total. The Labute approximate surface area is 92.8 Å². The molecule has 0 atom stereocenters. The molecule has 9 heteroatoms. The molecule has 0 aliphatic carbocycles. The minimum absolute atomic E-state index is 0.518. The maximum atomic E-state index is 12.7. The van der Waals surface area contributed by atoms with E-state index in [1.54, 1.807) is 0 Å². The van der Waals surface area contributed by atoms with E-state index in [1.165, 1.54) is 0 Å². The number of ether oxygens (including phenoxy) is 1. The van der Waals surface area contributed by atoms with Crippen LogP contribution >= 0.6 is 0 Å². The zero-order valence-electron chi connectivity index (χ0n) is 8.39. The molecule has 0 bridgehead atoms. The number of aromatic carboxylic acids is 1. The number of carbonyl (C=O) groups is 1. The van der Waals surface area contributed by atoms with E-state index in [2.05, 4.69) is 9.72 Å². The number of nitro groups is 1. The zero-order chi connectivity index (χ0) is 13.2. The van der Waals surface area contributed by atoms with Gasteiger partial charge in [-0.15, -0.1) is 0 Å². The van der Waals surface area contributed by atoms with Crippen LogP contribution in [0.25, 0.3) is 0 Å². The smallest absolute Gasteiger partial charge is 0.355 e. The van der Waals surface area contributed by atoms with Gasteiger partial charge in [-0.1, -0.05) is 0 Å². The quantitative estimate of drug-likeness (QED) is 0.641. The van der Waals surface area contributed by atoms with Gasteiger partial charge in [-0.3, -0.25) is 10.1 Å². The maximum Gasteiger partial charge on any atom is 0.355 e. The van der Waals surface area contributed by atoms with Crippen LogP contribution in [0.4, 0.5) is 14.5 Å². The molecule has 0 radical (unpaired) electrons. The highest BCUT2D eigenvalue weighted by atomic mass is 19.3. The lowest BCUT2D eigenvalue weighted by molar-refractivity contribution is -0.387. The molecule has 0 aliphatic rings. The van der Waals surface area contributed by atoms with Gasteiger partial charge >= 0.3 is 11.7 Å².